The maximum absolute atomic E-state index is 13.7. The monoisotopic (exact) mass is 424 g/mol. The van der Waals surface area contributed by atoms with Gasteiger partial charge in [0.25, 0.3) is 0 Å². The third-order valence-electron chi connectivity index (χ3n) is 5.70. The van der Waals surface area contributed by atoms with E-state index in [0.29, 0.717) is 22.5 Å². The van der Waals surface area contributed by atoms with Crippen LogP contribution in [0.2, 0.25) is 5.02 Å². The van der Waals surface area contributed by atoms with Gasteiger partial charge in [0, 0.05) is 30.3 Å². The zero-order valence-electron chi connectivity index (χ0n) is 16.0. The number of pyridine rings is 1. The van der Waals surface area contributed by atoms with Crippen LogP contribution in [0.3, 0.4) is 0 Å². The fourth-order valence-electron chi connectivity index (χ4n) is 4.11. The van der Waals surface area contributed by atoms with Gasteiger partial charge >= 0.3 is 0 Å². The molecule has 2 fully saturated rings. The van der Waals surface area contributed by atoms with Gasteiger partial charge in [0.15, 0.2) is 5.82 Å². The Morgan fingerprint density at radius 1 is 1.27 bits per heavy atom. The molecule has 1 spiro atoms. The lowest BCUT2D eigenvalue weighted by Crippen LogP contribution is -2.78. The maximum atomic E-state index is 13.7. The second-order valence-electron chi connectivity index (χ2n) is 7.57. The predicted octanol–water partition coefficient (Wildman–Crippen LogP) is 3.54. The van der Waals surface area contributed by atoms with Gasteiger partial charge in [-0.3, -0.25) is 4.79 Å². The second-order valence-corrected chi connectivity index (χ2v) is 8.00. The number of nitrogens with one attached hydrogen (secondary N) is 1. The minimum atomic E-state index is -0.443. The molecule has 1 aromatic carbocycles. The number of nitrogens with zero attached hydrogens (tertiary/aromatic N) is 5. The Balaban J connectivity index is 1.41. The van der Waals surface area contributed by atoms with E-state index in [2.05, 4.69) is 26.8 Å². The summed E-state index contributed by atoms with van der Waals surface area (Å²) >= 11 is 5.95. The van der Waals surface area contributed by atoms with Crippen LogP contribution in [0.4, 0.5) is 21.7 Å². The molecule has 0 atom stereocenters. The van der Waals surface area contributed by atoms with Crippen molar-refractivity contribution < 1.29 is 9.18 Å². The Morgan fingerprint density at radius 3 is 2.80 bits per heavy atom. The van der Waals surface area contributed by atoms with Crippen LogP contribution >= 0.6 is 11.6 Å². The van der Waals surface area contributed by atoms with Crippen molar-refractivity contribution >= 4 is 45.9 Å². The number of anilines is 3. The average molecular weight is 425 g/mol. The molecule has 1 N–H and O–H groups in total. The summed E-state index contributed by atoms with van der Waals surface area (Å²) in [6.45, 7) is 5.80. The standard InChI is InChI=1S/C21H18ClFN6O/c1-2-18(30)29-6-5-21(29)10-28(11-21)17-4-3-16-19(27-17)20(25-12-24-16)26-15-8-13(22)7-14(23)9-15/h2-4,7-9,12H,1,5-6,10-11H2,(H,24,25,26). The largest absolute Gasteiger partial charge is 0.352 e. The number of hydrogen-bond donors (Lipinski definition) is 1. The van der Waals surface area contributed by atoms with Crippen LogP contribution in [-0.4, -0.2) is 50.9 Å². The van der Waals surface area contributed by atoms with Crippen molar-refractivity contribution in [1.29, 1.82) is 0 Å². The molecule has 0 radical (unpaired) electrons. The highest BCUT2D eigenvalue weighted by Gasteiger charge is 2.55. The van der Waals surface area contributed by atoms with Gasteiger partial charge in [-0.05, 0) is 42.8 Å². The Labute approximate surface area is 177 Å². The van der Waals surface area contributed by atoms with E-state index < -0.39 is 5.82 Å². The van der Waals surface area contributed by atoms with Crippen LogP contribution in [0.1, 0.15) is 6.42 Å². The molecule has 0 unspecified atom stereocenters. The fraction of sp³-hybridized carbons (Fsp3) is 0.238. The average Bonchev–Trinajstić information content (AvgIpc) is 2.65. The summed E-state index contributed by atoms with van der Waals surface area (Å²) in [5.74, 6) is 0.773. The van der Waals surface area contributed by atoms with Crippen LogP contribution in [0.5, 0.6) is 0 Å². The van der Waals surface area contributed by atoms with Gasteiger partial charge in [-0.2, -0.15) is 0 Å². The molecule has 0 saturated carbocycles. The van der Waals surface area contributed by atoms with Crippen molar-refractivity contribution in [2.75, 3.05) is 29.9 Å². The molecule has 1 amide bonds. The summed E-state index contributed by atoms with van der Waals surface area (Å²) in [6, 6.07) is 7.97. The normalized spacial score (nSPS) is 16.9. The van der Waals surface area contributed by atoms with Crippen molar-refractivity contribution in [3.05, 3.63) is 60.2 Å². The molecular formula is C21H18ClFN6O. The topological polar surface area (TPSA) is 74.2 Å². The second kappa shape index (κ2) is 6.91. The molecule has 2 aliphatic rings. The summed E-state index contributed by atoms with van der Waals surface area (Å²) in [5, 5.41) is 3.36. The van der Waals surface area contributed by atoms with Crippen LogP contribution in [0.25, 0.3) is 11.0 Å². The minimum absolute atomic E-state index is 0.0268. The molecule has 2 aromatic heterocycles. The lowest BCUT2D eigenvalue weighted by Gasteiger charge is -2.62. The number of likely N-dealkylation sites (tertiary alicyclic amines) is 1. The van der Waals surface area contributed by atoms with E-state index in [0.717, 1.165) is 31.9 Å². The first-order valence-corrected chi connectivity index (χ1v) is 9.89. The summed E-state index contributed by atoms with van der Waals surface area (Å²) in [5.41, 5.74) is 1.60. The van der Waals surface area contributed by atoms with Gasteiger partial charge in [-0.25, -0.2) is 19.3 Å². The minimum Gasteiger partial charge on any atom is -0.352 e. The first-order chi connectivity index (χ1) is 14.5. The SMILES string of the molecule is C=CC(=O)N1CCC12CN(c1ccc3ncnc(Nc4cc(F)cc(Cl)c4)c3n1)C2. The molecule has 3 aromatic rings. The third-order valence-corrected chi connectivity index (χ3v) is 5.92. The Bertz CT molecular complexity index is 1160. The molecular weight excluding hydrogens is 407 g/mol. The summed E-state index contributed by atoms with van der Waals surface area (Å²) in [6.07, 6.45) is 3.78. The predicted molar refractivity (Wildman–Crippen MR) is 113 cm³/mol. The molecule has 0 bridgehead atoms. The number of aromatic nitrogens is 3. The molecule has 152 valence electrons. The molecule has 2 aliphatic heterocycles. The maximum Gasteiger partial charge on any atom is 0.246 e. The number of carbonyl (C=O) groups excluding carboxylic acids is 1. The highest BCUT2D eigenvalue weighted by atomic mass is 35.5. The number of fused-ring (bicyclic) bond motifs is 1. The van der Waals surface area contributed by atoms with Crippen LogP contribution in [0, 0.1) is 5.82 Å². The van der Waals surface area contributed by atoms with Gasteiger partial charge in [0.1, 0.15) is 23.5 Å². The van der Waals surface area contributed by atoms with Crippen molar-refractivity contribution in [3.63, 3.8) is 0 Å². The van der Waals surface area contributed by atoms with E-state index >= 15 is 0 Å². The van der Waals surface area contributed by atoms with Crippen molar-refractivity contribution in [2.45, 2.75) is 12.0 Å². The highest BCUT2D eigenvalue weighted by Crippen LogP contribution is 2.41. The molecule has 9 heteroatoms. The summed E-state index contributed by atoms with van der Waals surface area (Å²) < 4.78 is 13.7. The summed E-state index contributed by atoms with van der Waals surface area (Å²) in [4.78, 5) is 29.3. The highest BCUT2D eigenvalue weighted by molar-refractivity contribution is 6.30. The van der Waals surface area contributed by atoms with Crippen molar-refractivity contribution in [1.82, 2.24) is 19.9 Å². The van der Waals surface area contributed by atoms with E-state index in [1.54, 1.807) is 6.07 Å². The summed E-state index contributed by atoms with van der Waals surface area (Å²) in [7, 11) is 0. The molecule has 30 heavy (non-hydrogen) atoms. The fourth-order valence-corrected chi connectivity index (χ4v) is 4.33. The van der Waals surface area contributed by atoms with Gasteiger partial charge in [-0.1, -0.05) is 18.2 Å². The van der Waals surface area contributed by atoms with Gasteiger partial charge in [0.05, 0.1) is 11.1 Å². The molecule has 5 rings (SSSR count). The third kappa shape index (κ3) is 3.04. The lowest BCUT2D eigenvalue weighted by atomic mass is 9.77. The smallest absolute Gasteiger partial charge is 0.246 e. The van der Waals surface area contributed by atoms with E-state index in [1.807, 2.05) is 17.0 Å². The number of amides is 1. The number of hydrogen-bond acceptors (Lipinski definition) is 6. The Hall–Kier alpha value is -3.26. The van der Waals surface area contributed by atoms with Crippen LogP contribution < -0.4 is 10.2 Å². The van der Waals surface area contributed by atoms with Crippen LogP contribution in [-0.2, 0) is 4.79 Å². The van der Waals surface area contributed by atoms with Crippen molar-refractivity contribution in [2.24, 2.45) is 0 Å². The first-order valence-electron chi connectivity index (χ1n) is 9.51. The van der Waals surface area contributed by atoms with Crippen molar-refractivity contribution in [3.8, 4) is 0 Å². The lowest BCUT2D eigenvalue weighted by molar-refractivity contribution is -0.144. The number of rotatable bonds is 4. The van der Waals surface area contributed by atoms with Gasteiger partial charge < -0.3 is 15.1 Å². The first kappa shape index (κ1) is 18.7. The molecule has 7 nitrogen and oxygen atoms in total. The quantitative estimate of drug-likeness (QED) is 0.646. The van der Waals surface area contributed by atoms with Gasteiger partial charge in [0.2, 0.25) is 5.91 Å². The van der Waals surface area contributed by atoms with Gasteiger partial charge in [-0.15, -0.1) is 0 Å². The zero-order chi connectivity index (χ0) is 20.9. The number of benzene rings is 1. The molecule has 2 saturated heterocycles. The number of halogens is 2. The van der Waals surface area contributed by atoms with Crippen LogP contribution in [0.15, 0.2) is 49.3 Å². The Kier molecular flexibility index (Phi) is 4.32. The van der Waals surface area contributed by atoms with E-state index in [9.17, 15) is 9.18 Å². The van der Waals surface area contributed by atoms with E-state index in [4.69, 9.17) is 16.6 Å². The molecule has 4 heterocycles. The zero-order valence-corrected chi connectivity index (χ0v) is 16.7. The van der Waals surface area contributed by atoms with E-state index in [1.165, 1.54) is 24.5 Å². The Morgan fingerprint density at radius 2 is 2.10 bits per heavy atom. The number of carbonyl (C=O) groups is 1. The van der Waals surface area contributed by atoms with E-state index in [-0.39, 0.29) is 16.5 Å². The molecule has 0 aliphatic carbocycles.